The van der Waals surface area contributed by atoms with Gasteiger partial charge in [-0.15, -0.1) is 0 Å². The minimum absolute atomic E-state index is 0.0363. The predicted molar refractivity (Wildman–Crippen MR) is 170 cm³/mol. The molecule has 0 saturated carbocycles. The van der Waals surface area contributed by atoms with E-state index in [0.29, 0.717) is 16.6 Å². The van der Waals surface area contributed by atoms with Gasteiger partial charge in [-0.1, -0.05) is 90.1 Å². The van der Waals surface area contributed by atoms with Crippen LogP contribution in [0, 0.1) is 0 Å². The van der Waals surface area contributed by atoms with Gasteiger partial charge in [0.1, 0.15) is 0 Å². The van der Waals surface area contributed by atoms with Crippen LogP contribution < -0.4 is 11.2 Å². The normalized spacial score (nSPS) is 14.2. The molecule has 0 saturated heterocycles. The SMILES string of the molecule is [2H]c1c2c(=O)n(-c3ccccc3C([2H])([2H])O[Si](C)(C)C(C)(C)C)c(=O)nc-2n(-c2ccc(C(C)(C)C)cc2)c2ccccc12. The van der Waals surface area contributed by atoms with Crippen molar-refractivity contribution in [2.45, 2.75) is 71.6 Å². The molecule has 0 unspecified atom stereocenters. The largest absolute Gasteiger partial charge is 0.412 e. The Morgan fingerprint density at radius 2 is 1.51 bits per heavy atom. The van der Waals surface area contributed by atoms with Crippen molar-refractivity contribution in [2.75, 3.05) is 0 Å². The molecule has 7 heteroatoms. The van der Waals surface area contributed by atoms with Crippen LogP contribution in [0.2, 0.25) is 18.1 Å². The van der Waals surface area contributed by atoms with Crippen molar-refractivity contribution < 1.29 is 8.54 Å². The molecule has 0 aliphatic carbocycles. The molecule has 0 bridgehead atoms. The molecule has 2 aliphatic heterocycles. The Hall–Kier alpha value is -3.81. The Bertz CT molecular complexity index is 1970. The van der Waals surface area contributed by atoms with Crippen LogP contribution in [0.5, 0.6) is 0 Å². The van der Waals surface area contributed by atoms with Crippen LogP contribution in [0.3, 0.4) is 0 Å². The summed E-state index contributed by atoms with van der Waals surface area (Å²) in [6.45, 7) is 14.0. The van der Waals surface area contributed by atoms with Crippen molar-refractivity contribution >= 4 is 19.2 Å². The second-order valence-electron chi connectivity index (χ2n) is 13.0. The van der Waals surface area contributed by atoms with Crippen molar-refractivity contribution in [2.24, 2.45) is 0 Å². The molecule has 5 rings (SSSR count). The van der Waals surface area contributed by atoms with E-state index in [1.54, 1.807) is 28.8 Å². The van der Waals surface area contributed by atoms with E-state index < -0.39 is 26.1 Å². The van der Waals surface area contributed by atoms with Crippen LogP contribution in [-0.2, 0) is 16.4 Å². The van der Waals surface area contributed by atoms with Crippen LogP contribution in [-0.4, -0.2) is 22.4 Å². The highest BCUT2D eigenvalue weighted by Crippen LogP contribution is 2.37. The minimum atomic E-state index is -2.61. The van der Waals surface area contributed by atoms with Gasteiger partial charge < -0.3 is 4.43 Å². The summed E-state index contributed by atoms with van der Waals surface area (Å²) in [6, 6.07) is 21.4. The minimum Gasteiger partial charge on any atom is -0.412 e. The fraction of sp³-hybridized carbons (Fsp3) is 0.324. The zero-order valence-corrected chi connectivity index (χ0v) is 26.0. The number of rotatable bonds is 5. The number of nitrogens with zero attached hydrogens (tertiary/aromatic N) is 3. The second-order valence-corrected chi connectivity index (χ2v) is 17.7. The lowest BCUT2D eigenvalue weighted by atomic mass is 9.87. The Labute approximate surface area is 247 Å². The van der Waals surface area contributed by atoms with Gasteiger partial charge in [-0.05, 0) is 64.8 Å². The van der Waals surface area contributed by atoms with Gasteiger partial charge in [0.2, 0.25) is 0 Å². The molecule has 0 N–H and O–H groups in total. The van der Waals surface area contributed by atoms with Crippen LogP contribution in [0.25, 0.3) is 33.7 Å². The average Bonchev–Trinajstić information content (AvgIpc) is 2.92. The van der Waals surface area contributed by atoms with Crippen molar-refractivity contribution in [3.8, 4) is 22.8 Å². The van der Waals surface area contributed by atoms with Gasteiger partial charge in [-0.3, -0.25) is 9.36 Å². The van der Waals surface area contributed by atoms with Gasteiger partial charge in [0.05, 0.1) is 27.4 Å². The van der Waals surface area contributed by atoms with Crippen LogP contribution in [0.15, 0.2) is 88.4 Å². The number of fused-ring (bicyclic) bond motifs is 2. The zero-order chi connectivity index (χ0) is 32.4. The summed E-state index contributed by atoms with van der Waals surface area (Å²) in [5.74, 6) is 0.0708. The highest BCUT2D eigenvalue weighted by molar-refractivity contribution is 6.74. The third-order valence-electron chi connectivity index (χ3n) is 8.01. The summed E-state index contributed by atoms with van der Waals surface area (Å²) in [5, 5.41) is 0.245. The summed E-state index contributed by atoms with van der Waals surface area (Å²) >= 11 is 0. The van der Waals surface area contributed by atoms with E-state index >= 15 is 0 Å². The van der Waals surface area contributed by atoms with Crippen LogP contribution >= 0.6 is 0 Å². The number of pyridine rings is 1. The Morgan fingerprint density at radius 3 is 2.17 bits per heavy atom. The van der Waals surface area contributed by atoms with Gasteiger partial charge in [-0.25, -0.2) is 9.36 Å². The summed E-state index contributed by atoms with van der Waals surface area (Å²) in [6.07, 6.45) is 0. The zero-order valence-electron chi connectivity index (χ0n) is 28.0. The molecule has 3 aromatic rings. The van der Waals surface area contributed by atoms with Gasteiger partial charge in [0.15, 0.2) is 14.1 Å². The van der Waals surface area contributed by atoms with E-state index in [-0.39, 0.29) is 39.1 Å². The van der Waals surface area contributed by atoms with E-state index in [1.165, 1.54) is 12.1 Å². The standard InChI is InChI=1S/C34H39N3O3Si/c1-33(2,3)25-17-19-26(20-18-25)36-28-15-11-9-13-23(28)21-27-30(36)35-32(39)37(31(27)38)29-16-12-10-14-24(29)22-40-41(7,8)34(4,5)6/h9-21H,22H2,1-8H3/i21D,22D2. The molecule has 0 fully saturated rings. The van der Waals surface area contributed by atoms with Crippen molar-refractivity contribution in [3.63, 3.8) is 0 Å². The van der Waals surface area contributed by atoms with Crippen molar-refractivity contribution in [1.82, 2.24) is 14.1 Å². The van der Waals surface area contributed by atoms with E-state index in [4.69, 9.17) is 8.54 Å². The number of para-hydroxylation sites is 2. The van der Waals surface area contributed by atoms with E-state index in [9.17, 15) is 9.59 Å². The maximum atomic E-state index is 14.3. The monoisotopic (exact) mass is 568 g/mol. The molecule has 6 nitrogen and oxygen atoms in total. The maximum Gasteiger partial charge on any atom is 0.357 e. The van der Waals surface area contributed by atoms with E-state index in [1.807, 2.05) is 70.3 Å². The number of aromatic nitrogens is 3. The second kappa shape index (κ2) is 10.2. The van der Waals surface area contributed by atoms with Crippen molar-refractivity contribution in [3.05, 3.63) is 111 Å². The summed E-state index contributed by atoms with van der Waals surface area (Å²) in [5.41, 5.74) is 0.817. The van der Waals surface area contributed by atoms with Gasteiger partial charge in [0, 0.05) is 11.3 Å². The lowest BCUT2D eigenvalue weighted by Gasteiger charge is -2.36. The molecule has 41 heavy (non-hydrogen) atoms. The molecule has 3 aromatic carbocycles. The van der Waals surface area contributed by atoms with Gasteiger partial charge >= 0.3 is 5.69 Å². The van der Waals surface area contributed by atoms with Crippen LogP contribution in [0.1, 0.15) is 56.8 Å². The molecule has 2 aliphatic rings. The summed E-state index contributed by atoms with van der Waals surface area (Å²) < 4.78 is 35.8. The van der Waals surface area contributed by atoms with Crippen LogP contribution in [0.4, 0.5) is 0 Å². The van der Waals surface area contributed by atoms with Gasteiger partial charge in [-0.2, -0.15) is 4.98 Å². The highest BCUT2D eigenvalue weighted by atomic mass is 28.4. The van der Waals surface area contributed by atoms with Crippen molar-refractivity contribution in [1.29, 1.82) is 0 Å². The number of benzene rings is 3. The fourth-order valence-electron chi connectivity index (χ4n) is 4.46. The predicted octanol–water partition coefficient (Wildman–Crippen LogP) is 7.46. The van der Waals surface area contributed by atoms with E-state index in [2.05, 4.69) is 25.8 Å². The average molecular weight is 569 g/mol. The molecule has 0 spiro atoms. The first kappa shape index (κ1) is 24.9. The molecule has 0 aromatic heterocycles. The Kier molecular flexibility index (Phi) is 6.22. The lowest BCUT2D eigenvalue weighted by molar-refractivity contribution is 0.276. The third-order valence-corrected chi connectivity index (χ3v) is 12.2. The molecule has 0 radical (unpaired) electrons. The maximum absolute atomic E-state index is 14.3. The number of hydrogen-bond acceptors (Lipinski definition) is 4. The summed E-state index contributed by atoms with van der Waals surface area (Å²) in [4.78, 5) is 32.6. The lowest BCUT2D eigenvalue weighted by Crippen LogP contribution is -2.41. The quantitative estimate of drug-likeness (QED) is 0.163. The molecule has 212 valence electrons. The molecule has 0 amide bonds. The number of hydrogen-bond donors (Lipinski definition) is 0. The Balaban J connectivity index is 1.81. The third kappa shape index (κ3) is 5.32. The molecular weight excluding hydrogens is 526 g/mol. The summed E-state index contributed by atoms with van der Waals surface area (Å²) in [7, 11) is -2.61. The first-order valence-corrected chi connectivity index (χ1v) is 16.7. The Morgan fingerprint density at radius 1 is 0.878 bits per heavy atom. The molecular formula is C34H39N3O3Si. The first-order valence-electron chi connectivity index (χ1n) is 15.3. The topological polar surface area (TPSA) is 66.1 Å². The van der Waals surface area contributed by atoms with E-state index in [0.717, 1.165) is 10.1 Å². The highest BCUT2D eigenvalue weighted by Gasteiger charge is 2.37. The first-order chi connectivity index (χ1) is 20.3. The fourth-order valence-corrected chi connectivity index (χ4v) is 5.13. The smallest absolute Gasteiger partial charge is 0.357 e. The van der Waals surface area contributed by atoms with Gasteiger partial charge in [0.25, 0.3) is 5.56 Å². The molecule has 0 atom stereocenters. The molecule has 2 heterocycles.